The zero-order chi connectivity index (χ0) is 8.31. The van der Waals surface area contributed by atoms with Gasteiger partial charge in [-0.25, -0.2) is 9.59 Å². The summed E-state index contributed by atoms with van der Waals surface area (Å²) in [7, 11) is 0. The number of aliphatic hydroxyl groups excluding tert-OH is 2. The van der Waals surface area contributed by atoms with Crippen LogP contribution in [0.2, 0.25) is 0 Å². The Morgan fingerprint density at radius 2 is 1.09 bits per heavy atom. The number of rotatable bonds is 3. The van der Waals surface area contributed by atoms with E-state index in [1.54, 1.807) is 0 Å². The van der Waals surface area contributed by atoms with Crippen molar-refractivity contribution in [2.24, 2.45) is 0 Å². The van der Waals surface area contributed by atoms with Crippen LogP contribution < -0.4 is 0 Å². The largest absolute Gasteiger partial charge is 0.479 e. The summed E-state index contributed by atoms with van der Waals surface area (Å²) in [6.45, 7) is 0. The number of aliphatic hydroxyl groups is 2. The molecule has 61 valence electrons. The van der Waals surface area contributed by atoms with E-state index in [0.717, 1.165) is 0 Å². The second-order valence-electron chi connectivity index (χ2n) is 1.57. The predicted octanol–water partition coefficient (Wildman–Crippen LogP) is -2.50. The SMILES string of the molecule is O=C(O)C(O)C(O)C(=O)O.[In]. The standard InChI is InChI=1S/C4H6O6.In/c5-1(3(7)8)2(6)4(9)10;/h1-2,5-6H,(H,7,8)(H,9,10);. The third kappa shape index (κ3) is 4.23. The fraction of sp³-hybridized carbons (Fsp3) is 0.500. The molecule has 0 rings (SSSR count). The molecule has 3 radical (unpaired) electrons. The molecule has 0 heterocycles. The summed E-state index contributed by atoms with van der Waals surface area (Å²) < 4.78 is 0. The summed E-state index contributed by atoms with van der Waals surface area (Å²) in [5, 5.41) is 32.5. The molecule has 11 heavy (non-hydrogen) atoms. The van der Waals surface area contributed by atoms with Crippen molar-refractivity contribution < 1.29 is 30.0 Å². The van der Waals surface area contributed by atoms with Crippen LogP contribution in [0.4, 0.5) is 0 Å². The molecule has 2 atom stereocenters. The average Bonchev–Trinajstić information content (AvgIpc) is 1.84. The summed E-state index contributed by atoms with van der Waals surface area (Å²) in [5.41, 5.74) is 0. The summed E-state index contributed by atoms with van der Waals surface area (Å²) in [6.07, 6.45) is -4.53. The molecular formula is C4H6InO6. The monoisotopic (exact) mass is 265 g/mol. The van der Waals surface area contributed by atoms with E-state index in [1.807, 2.05) is 0 Å². The number of hydrogen-bond donors (Lipinski definition) is 4. The predicted molar refractivity (Wildman–Crippen MR) is 33.0 cm³/mol. The fourth-order valence-corrected chi connectivity index (χ4v) is 0.270. The van der Waals surface area contributed by atoms with E-state index in [2.05, 4.69) is 0 Å². The number of hydrogen-bond acceptors (Lipinski definition) is 4. The molecule has 0 aromatic rings. The van der Waals surface area contributed by atoms with E-state index in [-0.39, 0.29) is 25.8 Å². The molecule has 0 amide bonds. The Morgan fingerprint density at radius 1 is 0.909 bits per heavy atom. The first kappa shape index (κ1) is 13.3. The van der Waals surface area contributed by atoms with E-state index >= 15 is 0 Å². The zero-order valence-electron chi connectivity index (χ0n) is 5.34. The van der Waals surface area contributed by atoms with Gasteiger partial charge in [-0.1, -0.05) is 0 Å². The molecule has 0 fully saturated rings. The molecule has 0 spiro atoms. The van der Waals surface area contributed by atoms with Crippen molar-refractivity contribution in [3.63, 3.8) is 0 Å². The average molecular weight is 265 g/mol. The molecule has 0 aliphatic heterocycles. The van der Waals surface area contributed by atoms with Gasteiger partial charge in [-0.05, 0) is 0 Å². The summed E-state index contributed by atoms with van der Waals surface area (Å²) in [5.74, 6) is -3.54. The van der Waals surface area contributed by atoms with Crippen molar-refractivity contribution in [3.8, 4) is 0 Å². The molecule has 0 aromatic carbocycles. The van der Waals surface area contributed by atoms with Gasteiger partial charge >= 0.3 is 11.9 Å². The van der Waals surface area contributed by atoms with Gasteiger partial charge in [0.25, 0.3) is 0 Å². The van der Waals surface area contributed by atoms with E-state index in [9.17, 15) is 9.59 Å². The number of carboxylic acids is 2. The Bertz CT molecular complexity index is 139. The number of carbonyl (C=O) groups is 2. The molecule has 0 bridgehead atoms. The Morgan fingerprint density at radius 3 is 1.18 bits per heavy atom. The van der Waals surface area contributed by atoms with E-state index < -0.39 is 24.1 Å². The minimum Gasteiger partial charge on any atom is -0.479 e. The van der Waals surface area contributed by atoms with Crippen LogP contribution in [0.3, 0.4) is 0 Å². The van der Waals surface area contributed by atoms with Gasteiger partial charge in [-0.2, -0.15) is 0 Å². The normalized spacial score (nSPS) is 14.4. The molecule has 6 nitrogen and oxygen atoms in total. The van der Waals surface area contributed by atoms with Crippen molar-refractivity contribution in [3.05, 3.63) is 0 Å². The van der Waals surface area contributed by atoms with Gasteiger partial charge in [-0.3, -0.25) is 0 Å². The topological polar surface area (TPSA) is 115 Å². The van der Waals surface area contributed by atoms with Crippen LogP contribution in [0, 0.1) is 0 Å². The van der Waals surface area contributed by atoms with E-state index in [4.69, 9.17) is 20.4 Å². The molecule has 0 saturated heterocycles. The van der Waals surface area contributed by atoms with E-state index in [1.165, 1.54) is 0 Å². The van der Waals surface area contributed by atoms with Gasteiger partial charge < -0.3 is 20.4 Å². The fourth-order valence-electron chi connectivity index (χ4n) is 0.270. The van der Waals surface area contributed by atoms with Crippen LogP contribution in [-0.2, 0) is 9.59 Å². The van der Waals surface area contributed by atoms with Crippen molar-refractivity contribution in [1.29, 1.82) is 0 Å². The van der Waals surface area contributed by atoms with Crippen molar-refractivity contribution in [1.82, 2.24) is 0 Å². The second-order valence-corrected chi connectivity index (χ2v) is 1.57. The van der Waals surface area contributed by atoms with Gasteiger partial charge in [0.1, 0.15) is 0 Å². The molecule has 0 aliphatic carbocycles. The molecule has 2 unspecified atom stereocenters. The molecule has 7 heteroatoms. The smallest absolute Gasteiger partial charge is 0.335 e. The second kappa shape index (κ2) is 5.39. The summed E-state index contributed by atoms with van der Waals surface area (Å²) in [4.78, 5) is 19.5. The van der Waals surface area contributed by atoms with Crippen LogP contribution in [0.15, 0.2) is 0 Å². The van der Waals surface area contributed by atoms with Gasteiger partial charge in [0, 0.05) is 25.8 Å². The van der Waals surface area contributed by atoms with Gasteiger partial charge in [0.05, 0.1) is 0 Å². The summed E-state index contributed by atoms with van der Waals surface area (Å²) >= 11 is 0. The maximum atomic E-state index is 9.77. The molecular weight excluding hydrogens is 259 g/mol. The third-order valence-electron chi connectivity index (χ3n) is 0.805. The van der Waals surface area contributed by atoms with Gasteiger partial charge in [-0.15, -0.1) is 0 Å². The molecule has 0 aromatic heterocycles. The van der Waals surface area contributed by atoms with Crippen molar-refractivity contribution in [2.45, 2.75) is 12.2 Å². The Kier molecular flexibility index (Phi) is 6.53. The number of aliphatic carboxylic acids is 2. The van der Waals surface area contributed by atoms with Crippen molar-refractivity contribution in [2.75, 3.05) is 0 Å². The number of carboxylic acid groups (broad SMARTS) is 2. The molecule has 4 N–H and O–H groups in total. The first-order valence-corrected chi connectivity index (χ1v) is 2.28. The first-order chi connectivity index (χ1) is 4.46. The third-order valence-corrected chi connectivity index (χ3v) is 0.805. The van der Waals surface area contributed by atoms with Crippen LogP contribution in [-0.4, -0.2) is 70.4 Å². The Hall–Kier alpha value is -0.270. The Labute approximate surface area is 80.2 Å². The first-order valence-electron chi connectivity index (χ1n) is 2.28. The van der Waals surface area contributed by atoms with Gasteiger partial charge in [0.2, 0.25) is 0 Å². The minimum atomic E-state index is -2.27. The quantitative estimate of drug-likeness (QED) is 0.448. The van der Waals surface area contributed by atoms with Crippen LogP contribution in [0.1, 0.15) is 0 Å². The Balaban J connectivity index is 0. The maximum absolute atomic E-state index is 9.77. The van der Waals surface area contributed by atoms with Crippen LogP contribution >= 0.6 is 0 Å². The maximum Gasteiger partial charge on any atom is 0.335 e. The van der Waals surface area contributed by atoms with Crippen molar-refractivity contribution >= 4 is 37.8 Å². The molecule has 0 saturated carbocycles. The zero-order valence-corrected chi connectivity index (χ0v) is 8.63. The summed E-state index contributed by atoms with van der Waals surface area (Å²) in [6, 6.07) is 0. The molecule has 0 aliphatic rings. The van der Waals surface area contributed by atoms with Crippen LogP contribution in [0.5, 0.6) is 0 Å². The van der Waals surface area contributed by atoms with E-state index in [0.29, 0.717) is 0 Å². The van der Waals surface area contributed by atoms with Crippen LogP contribution in [0.25, 0.3) is 0 Å². The van der Waals surface area contributed by atoms with Gasteiger partial charge in [0.15, 0.2) is 12.2 Å². The minimum absolute atomic E-state index is 0.